The van der Waals surface area contributed by atoms with E-state index in [-0.39, 0.29) is 15.5 Å². The molecule has 1 amide bonds. The molecule has 0 radical (unpaired) electrons. The molecule has 8 heteroatoms. The van der Waals surface area contributed by atoms with Gasteiger partial charge in [-0.25, -0.2) is 8.42 Å². The van der Waals surface area contributed by atoms with Crippen molar-refractivity contribution in [3.63, 3.8) is 0 Å². The third-order valence-electron chi connectivity index (χ3n) is 5.50. The van der Waals surface area contributed by atoms with Crippen LogP contribution in [0.25, 0.3) is 0 Å². The summed E-state index contributed by atoms with van der Waals surface area (Å²) in [5.41, 5.74) is 1.89. The van der Waals surface area contributed by atoms with Gasteiger partial charge in [0.1, 0.15) is 0 Å². The summed E-state index contributed by atoms with van der Waals surface area (Å²) in [4.78, 5) is 14.2. The van der Waals surface area contributed by atoms with Crippen LogP contribution in [0.3, 0.4) is 0 Å². The van der Waals surface area contributed by atoms with E-state index in [0.29, 0.717) is 18.8 Å². The van der Waals surface area contributed by atoms with Crippen molar-refractivity contribution in [1.82, 2.24) is 4.31 Å². The summed E-state index contributed by atoms with van der Waals surface area (Å²) in [5, 5.41) is 3.03. The van der Waals surface area contributed by atoms with Crippen LogP contribution in [0.4, 0.5) is 5.69 Å². The van der Waals surface area contributed by atoms with Gasteiger partial charge in [-0.1, -0.05) is 48.4 Å². The highest BCUT2D eigenvalue weighted by atomic mass is 35.5. The molecule has 1 N–H and O–H groups in total. The van der Waals surface area contributed by atoms with E-state index in [1.54, 1.807) is 11.8 Å². The number of sulfonamides is 1. The number of hydrogen-bond acceptors (Lipinski definition) is 4. The van der Waals surface area contributed by atoms with Crippen LogP contribution in [0.2, 0.25) is 5.02 Å². The van der Waals surface area contributed by atoms with Gasteiger partial charge in [-0.2, -0.15) is 4.31 Å². The molecule has 0 saturated carbocycles. The van der Waals surface area contributed by atoms with Crippen LogP contribution in [-0.4, -0.2) is 31.7 Å². The molecule has 5 nitrogen and oxygen atoms in total. The second-order valence-electron chi connectivity index (χ2n) is 7.86. The summed E-state index contributed by atoms with van der Waals surface area (Å²) in [6.45, 7) is 1.00. The SMILES string of the molecule is O=C(Nc1ccc(CSc2ccccc2)cc1)c1cc(S(=O)(=O)N2CCCCC2)ccc1Cl. The fourth-order valence-electron chi connectivity index (χ4n) is 3.66. The zero-order valence-electron chi connectivity index (χ0n) is 18.0. The Labute approximate surface area is 204 Å². The Kier molecular flexibility index (Phi) is 7.75. The highest BCUT2D eigenvalue weighted by Crippen LogP contribution is 2.27. The minimum Gasteiger partial charge on any atom is -0.322 e. The summed E-state index contributed by atoms with van der Waals surface area (Å²) in [6.07, 6.45) is 2.73. The van der Waals surface area contributed by atoms with Gasteiger partial charge in [0, 0.05) is 29.4 Å². The first-order valence-electron chi connectivity index (χ1n) is 10.8. The van der Waals surface area contributed by atoms with E-state index in [4.69, 9.17) is 11.6 Å². The maximum absolute atomic E-state index is 13.0. The van der Waals surface area contributed by atoms with Crippen molar-refractivity contribution in [2.24, 2.45) is 0 Å². The van der Waals surface area contributed by atoms with E-state index in [2.05, 4.69) is 17.4 Å². The Morgan fingerprint density at radius 3 is 2.33 bits per heavy atom. The third kappa shape index (κ3) is 5.98. The smallest absolute Gasteiger partial charge is 0.257 e. The van der Waals surface area contributed by atoms with Crippen molar-refractivity contribution in [2.75, 3.05) is 18.4 Å². The average molecular weight is 501 g/mol. The van der Waals surface area contributed by atoms with Gasteiger partial charge in [-0.05, 0) is 60.9 Å². The molecule has 1 heterocycles. The first-order valence-corrected chi connectivity index (χ1v) is 13.6. The normalized spacial score (nSPS) is 14.7. The molecule has 172 valence electrons. The molecule has 4 rings (SSSR count). The van der Waals surface area contributed by atoms with Crippen LogP contribution < -0.4 is 5.32 Å². The van der Waals surface area contributed by atoms with Gasteiger partial charge in [0.25, 0.3) is 5.91 Å². The van der Waals surface area contributed by atoms with Crippen LogP contribution >= 0.6 is 23.4 Å². The van der Waals surface area contributed by atoms with Crippen LogP contribution in [0.1, 0.15) is 35.2 Å². The molecule has 0 spiro atoms. The summed E-state index contributed by atoms with van der Waals surface area (Å²) in [7, 11) is -3.65. The first-order chi connectivity index (χ1) is 15.9. The zero-order chi connectivity index (χ0) is 23.3. The first kappa shape index (κ1) is 23.8. The number of carbonyl (C=O) groups is 1. The Hall–Kier alpha value is -2.32. The fourth-order valence-corrected chi connectivity index (χ4v) is 6.28. The standard InChI is InChI=1S/C25H25ClN2O3S2/c26-24-14-13-22(33(30,31)28-15-5-2-6-16-28)17-23(24)25(29)27-20-11-9-19(10-12-20)18-32-21-7-3-1-4-8-21/h1,3-4,7-14,17H,2,5-6,15-16,18H2,(H,27,29). The second kappa shape index (κ2) is 10.7. The number of carbonyl (C=O) groups excluding carboxylic acids is 1. The molecular formula is C25H25ClN2O3S2. The number of rotatable bonds is 7. The Morgan fingerprint density at radius 2 is 1.64 bits per heavy atom. The van der Waals surface area contributed by atoms with Gasteiger partial charge in [0.15, 0.2) is 0 Å². The van der Waals surface area contributed by atoms with E-state index in [0.717, 1.165) is 30.6 Å². The number of amides is 1. The molecular weight excluding hydrogens is 476 g/mol. The molecule has 0 unspecified atom stereocenters. The lowest BCUT2D eigenvalue weighted by Gasteiger charge is -2.26. The molecule has 0 atom stereocenters. The summed E-state index contributed by atoms with van der Waals surface area (Å²) in [5.74, 6) is 0.377. The van der Waals surface area contributed by atoms with Gasteiger partial charge >= 0.3 is 0 Å². The van der Waals surface area contributed by atoms with E-state index in [9.17, 15) is 13.2 Å². The molecule has 3 aromatic carbocycles. The number of thioether (sulfide) groups is 1. The number of piperidine rings is 1. The lowest BCUT2D eigenvalue weighted by Crippen LogP contribution is -2.35. The Bertz CT molecular complexity index is 1210. The Morgan fingerprint density at radius 1 is 0.939 bits per heavy atom. The largest absolute Gasteiger partial charge is 0.322 e. The minimum atomic E-state index is -3.65. The number of halogens is 1. The molecule has 1 fully saturated rings. The number of anilines is 1. The molecule has 1 aliphatic heterocycles. The highest BCUT2D eigenvalue weighted by Gasteiger charge is 2.27. The Balaban J connectivity index is 1.44. The van der Waals surface area contributed by atoms with Gasteiger partial charge in [0.2, 0.25) is 10.0 Å². The quantitative estimate of drug-likeness (QED) is 0.400. The van der Waals surface area contributed by atoms with Crippen molar-refractivity contribution in [2.45, 2.75) is 34.8 Å². The average Bonchev–Trinajstić information content (AvgIpc) is 2.85. The molecule has 0 aromatic heterocycles. The molecule has 0 bridgehead atoms. The van der Waals surface area contributed by atoms with E-state index >= 15 is 0 Å². The van der Waals surface area contributed by atoms with Crippen LogP contribution in [0.15, 0.2) is 82.6 Å². The molecule has 0 aliphatic carbocycles. The lowest BCUT2D eigenvalue weighted by molar-refractivity contribution is 0.102. The molecule has 33 heavy (non-hydrogen) atoms. The summed E-state index contributed by atoms with van der Waals surface area (Å²) < 4.78 is 27.4. The number of hydrogen-bond donors (Lipinski definition) is 1. The van der Waals surface area contributed by atoms with Crippen molar-refractivity contribution >= 4 is 45.0 Å². The third-order valence-corrected chi connectivity index (χ3v) is 8.80. The van der Waals surface area contributed by atoms with Gasteiger partial charge < -0.3 is 5.32 Å². The van der Waals surface area contributed by atoms with Crippen molar-refractivity contribution in [1.29, 1.82) is 0 Å². The van der Waals surface area contributed by atoms with Crippen LogP contribution in [0.5, 0.6) is 0 Å². The summed E-state index contributed by atoms with van der Waals surface area (Å²) >= 11 is 7.99. The molecule has 1 aliphatic rings. The van der Waals surface area contributed by atoms with Gasteiger partial charge in [-0.15, -0.1) is 11.8 Å². The second-order valence-corrected chi connectivity index (χ2v) is 11.3. The monoisotopic (exact) mass is 500 g/mol. The summed E-state index contributed by atoms with van der Waals surface area (Å²) in [6, 6.07) is 22.1. The maximum atomic E-state index is 13.0. The minimum absolute atomic E-state index is 0.0900. The molecule has 1 saturated heterocycles. The van der Waals surface area contributed by atoms with Crippen molar-refractivity contribution in [3.8, 4) is 0 Å². The fraction of sp³-hybridized carbons (Fsp3) is 0.240. The van der Waals surface area contributed by atoms with E-state index < -0.39 is 15.9 Å². The predicted octanol–water partition coefficient (Wildman–Crippen LogP) is 6.06. The predicted molar refractivity (Wildman–Crippen MR) is 134 cm³/mol. The number of nitrogens with zero attached hydrogens (tertiary/aromatic N) is 1. The lowest BCUT2D eigenvalue weighted by atomic mass is 10.2. The molecule has 3 aromatic rings. The maximum Gasteiger partial charge on any atom is 0.257 e. The highest BCUT2D eigenvalue weighted by molar-refractivity contribution is 7.98. The van der Waals surface area contributed by atoms with Crippen molar-refractivity contribution < 1.29 is 13.2 Å². The topological polar surface area (TPSA) is 66.5 Å². The number of nitrogens with one attached hydrogen (secondary N) is 1. The van der Waals surface area contributed by atoms with Crippen LogP contribution in [0, 0.1) is 0 Å². The van der Waals surface area contributed by atoms with Gasteiger partial charge in [0.05, 0.1) is 15.5 Å². The van der Waals surface area contributed by atoms with Crippen molar-refractivity contribution in [3.05, 3.63) is 88.9 Å². The number of benzene rings is 3. The zero-order valence-corrected chi connectivity index (χ0v) is 20.4. The van der Waals surface area contributed by atoms with E-state index in [1.807, 2.05) is 42.5 Å². The van der Waals surface area contributed by atoms with E-state index in [1.165, 1.54) is 27.4 Å². The van der Waals surface area contributed by atoms with Gasteiger partial charge in [-0.3, -0.25) is 4.79 Å². The van der Waals surface area contributed by atoms with Crippen LogP contribution in [-0.2, 0) is 15.8 Å².